The molecule has 8 nitrogen and oxygen atoms in total. The molecule has 3 amide bonds. The van der Waals surface area contributed by atoms with Crippen LogP contribution in [-0.2, 0) is 20.8 Å². The number of amides is 3. The van der Waals surface area contributed by atoms with E-state index < -0.39 is 6.04 Å². The van der Waals surface area contributed by atoms with Crippen LogP contribution >= 0.6 is 11.3 Å². The van der Waals surface area contributed by atoms with Gasteiger partial charge >= 0.3 is 0 Å². The quantitative estimate of drug-likeness (QED) is 0.672. The molecule has 0 saturated carbocycles. The Bertz CT molecular complexity index is 851. The third kappa shape index (κ3) is 5.04. The van der Waals surface area contributed by atoms with E-state index >= 15 is 0 Å². The van der Waals surface area contributed by atoms with Crippen molar-refractivity contribution in [2.75, 3.05) is 17.2 Å². The van der Waals surface area contributed by atoms with Crippen molar-refractivity contribution in [2.24, 2.45) is 0 Å². The van der Waals surface area contributed by atoms with E-state index in [1.165, 1.54) is 11.3 Å². The predicted molar refractivity (Wildman–Crippen MR) is 102 cm³/mol. The number of aromatic nitrogens is 1. The maximum Gasteiger partial charge on any atom is 0.248 e. The third-order valence-corrected chi connectivity index (χ3v) is 4.70. The molecule has 0 spiro atoms. The van der Waals surface area contributed by atoms with E-state index in [1.807, 2.05) is 19.1 Å². The predicted octanol–water partition coefficient (Wildman–Crippen LogP) is 1.94. The van der Waals surface area contributed by atoms with Gasteiger partial charge in [0.25, 0.3) is 0 Å². The Balaban J connectivity index is 1.55. The highest BCUT2D eigenvalue weighted by molar-refractivity contribution is 7.13. The summed E-state index contributed by atoms with van der Waals surface area (Å²) in [5, 5.41) is 10.2. The second kappa shape index (κ2) is 8.63. The van der Waals surface area contributed by atoms with Crippen LogP contribution in [0.15, 0.2) is 29.6 Å². The second-order valence-corrected chi connectivity index (χ2v) is 6.80. The maximum atomic E-state index is 12.3. The van der Waals surface area contributed by atoms with Crippen LogP contribution in [0.3, 0.4) is 0 Å². The fourth-order valence-corrected chi connectivity index (χ4v) is 3.37. The SMILES string of the molecule is CCOc1ccccc1NC(=O)Cc1csc(NC(=O)[C@@H]2CCC(=O)N2)n1. The van der Waals surface area contributed by atoms with Crippen LogP contribution < -0.4 is 20.7 Å². The topological polar surface area (TPSA) is 109 Å². The van der Waals surface area contributed by atoms with E-state index in [1.54, 1.807) is 17.5 Å². The fraction of sp³-hybridized carbons (Fsp3) is 0.333. The van der Waals surface area contributed by atoms with E-state index in [-0.39, 0.29) is 24.1 Å². The van der Waals surface area contributed by atoms with Crippen molar-refractivity contribution in [1.29, 1.82) is 0 Å². The smallest absolute Gasteiger partial charge is 0.248 e. The summed E-state index contributed by atoms with van der Waals surface area (Å²) >= 11 is 1.24. The zero-order chi connectivity index (χ0) is 19.2. The van der Waals surface area contributed by atoms with Gasteiger partial charge < -0.3 is 20.7 Å². The number of benzene rings is 1. The summed E-state index contributed by atoms with van der Waals surface area (Å²) in [6, 6.07) is 6.69. The highest BCUT2D eigenvalue weighted by atomic mass is 32.1. The maximum absolute atomic E-state index is 12.3. The molecule has 0 aliphatic carbocycles. The number of hydrogen-bond donors (Lipinski definition) is 3. The molecule has 3 N–H and O–H groups in total. The van der Waals surface area contributed by atoms with Crippen LogP contribution in [0.5, 0.6) is 5.75 Å². The van der Waals surface area contributed by atoms with Crippen molar-refractivity contribution in [1.82, 2.24) is 10.3 Å². The van der Waals surface area contributed by atoms with Gasteiger partial charge in [-0.1, -0.05) is 12.1 Å². The van der Waals surface area contributed by atoms with Gasteiger partial charge in [-0.2, -0.15) is 0 Å². The number of thiazole rings is 1. The van der Waals surface area contributed by atoms with Crippen LogP contribution in [-0.4, -0.2) is 35.4 Å². The van der Waals surface area contributed by atoms with Gasteiger partial charge in [-0.3, -0.25) is 14.4 Å². The summed E-state index contributed by atoms with van der Waals surface area (Å²) in [5.74, 6) is -0.0394. The largest absolute Gasteiger partial charge is 0.492 e. The zero-order valence-electron chi connectivity index (χ0n) is 14.8. The Labute approximate surface area is 160 Å². The molecule has 1 aliphatic rings. The molecule has 1 fully saturated rings. The Hall–Kier alpha value is -2.94. The molecule has 3 rings (SSSR count). The Morgan fingerprint density at radius 1 is 1.33 bits per heavy atom. The van der Waals surface area contributed by atoms with Crippen molar-refractivity contribution in [2.45, 2.75) is 32.2 Å². The summed E-state index contributed by atoms with van der Waals surface area (Å²) in [4.78, 5) is 39.8. The summed E-state index contributed by atoms with van der Waals surface area (Å²) in [6.07, 6.45) is 0.905. The lowest BCUT2D eigenvalue weighted by molar-refractivity contribution is -0.122. The van der Waals surface area contributed by atoms with Gasteiger partial charge in [0.2, 0.25) is 17.7 Å². The monoisotopic (exact) mass is 388 g/mol. The number of carbonyl (C=O) groups excluding carboxylic acids is 3. The molecular formula is C18H20N4O4S. The molecule has 0 bridgehead atoms. The molecule has 27 heavy (non-hydrogen) atoms. The van der Waals surface area contributed by atoms with Gasteiger partial charge in [0.1, 0.15) is 11.8 Å². The first-order valence-electron chi connectivity index (χ1n) is 8.61. The molecule has 0 radical (unpaired) electrons. The number of nitrogens with zero attached hydrogens (tertiary/aromatic N) is 1. The van der Waals surface area contributed by atoms with Gasteiger partial charge in [-0.15, -0.1) is 11.3 Å². The number of rotatable bonds is 7. The lowest BCUT2D eigenvalue weighted by Gasteiger charge is -2.10. The Kier molecular flexibility index (Phi) is 6.02. The average molecular weight is 388 g/mol. The van der Waals surface area contributed by atoms with Crippen molar-refractivity contribution in [3.63, 3.8) is 0 Å². The standard InChI is InChI=1S/C18H20N4O4S/c1-2-26-14-6-4-3-5-12(14)20-16(24)9-11-10-27-18(19-11)22-17(25)13-7-8-15(23)21-13/h3-6,10,13H,2,7-9H2,1H3,(H,20,24)(H,21,23)(H,19,22,25)/t13-/m0/s1. The summed E-state index contributed by atoms with van der Waals surface area (Å²) in [6.45, 7) is 2.38. The number of para-hydroxylation sites is 2. The number of ether oxygens (including phenoxy) is 1. The van der Waals surface area contributed by atoms with E-state index in [9.17, 15) is 14.4 Å². The first-order chi connectivity index (χ1) is 13.0. The second-order valence-electron chi connectivity index (χ2n) is 5.95. The first kappa shape index (κ1) is 18.8. The minimum Gasteiger partial charge on any atom is -0.492 e. The summed E-state index contributed by atoms with van der Waals surface area (Å²) in [5.41, 5.74) is 1.15. The molecule has 1 aliphatic heterocycles. The van der Waals surface area contributed by atoms with Crippen LogP contribution in [0.1, 0.15) is 25.5 Å². The van der Waals surface area contributed by atoms with Crippen molar-refractivity contribution < 1.29 is 19.1 Å². The minimum absolute atomic E-state index is 0.0764. The molecule has 1 aromatic heterocycles. The third-order valence-electron chi connectivity index (χ3n) is 3.90. The van der Waals surface area contributed by atoms with Crippen LogP contribution in [0.4, 0.5) is 10.8 Å². The van der Waals surface area contributed by atoms with Crippen molar-refractivity contribution in [3.8, 4) is 5.75 Å². The first-order valence-corrected chi connectivity index (χ1v) is 9.49. The van der Waals surface area contributed by atoms with Gasteiger partial charge in [0.05, 0.1) is 24.4 Å². The molecular weight excluding hydrogens is 368 g/mol. The fourth-order valence-electron chi connectivity index (χ4n) is 2.66. The van der Waals surface area contributed by atoms with Crippen molar-refractivity contribution >= 4 is 39.9 Å². The zero-order valence-corrected chi connectivity index (χ0v) is 15.6. The summed E-state index contributed by atoms with van der Waals surface area (Å²) < 4.78 is 5.49. The molecule has 142 valence electrons. The van der Waals surface area contributed by atoms with Crippen LogP contribution in [0, 0.1) is 0 Å². The van der Waals surface area contributed by atoms with E-state index in [2.05, 4.69) is 20.9 Å². The van der Waals surface area contributed by atoms with Crippen LogP contribution in [0.25, 0.3) is 0 Å². The molecule has 2 heterocycles. The summed E-state index contributed by atoms with van der Waals surface area (Å²) in [7, 11) is 0. The van der Waals surface area contributed by atoms with Gasteiger partial charge in [-0.25, -0.2) is 4.98 Å². The Morgan fingerprint density at radius 2 is 2.15 bits per heavy atom. The normalized spacial score (nSPS) is 15.9. The molecule has 9 heteroatoms. The van der Waals surface area contributed by atoms with E-state index in [0.717, 1.165) is 0 Å². The van der Waals surface area contributed by atoms with Gasteiger partial charge in [-0.05, 0) is 25.5 Å². The minimum atomic E-state index is -0.525. The van der Waals surface area contributed by atoms with Gasteiger partial charge in [0, 0.05) is 11.8 Å². The molecule has 1 aromatic carbocycles. The van der Waals surface area contributed by atoms with Crippen LogP contribution in [0.2, 0.25) is 0 Å². The number of anilines is 2. The van der Waals surface area contributed by atoms with E-state index in [0.29, 0.717) is 41.7 Å². The molecule has 1 saturated heterocycles. The van der Waals surface area contributed by atoms with Gasteiger partial charge in [0.15, 0.2) is 5.13 Å². The molecule has 2 aromatic rings. The number of nitrogens with one attached hydrogen (secondary N) is 3. The highest BCUT2D eigenvalue weighted by Crippen LogP contribution is 2.24. The van der Waals surface area contributed by atoms with Crippen molar-refractivity contribution in [3.05, 3.63) is 35.3 Å². The molecule has 1 atom stereocenters. The average Bonchev–Trinajstić information content (AvgIpc) is 3.26. The number of carbonyl (C=O) groups is 3. The highest BCUT2D eigenvalue weighted by Gasteiger charge is 2.27. The number of hydrogen-bond acceptors (Lipinski definition) is 6. The lowest BCUT2D eigenvalue weighted by atomic mass is 10.2. The molecule has 0 unspecified atom stereocenters. The lowest BCUT2D eigenvalue weighted by Crippen LogP contribution is -2.37. The van der Waals surface area contributed by atoms with E-state index in [4.69, 9.17) is 4.74 Å². The Morgan fingerprint density at radius 3 is 2.89 bits per heavy atom.